The summed E-state index contributed by atoms with van der Waals surface area (Å²) in [5.74, 6) is 0.974. The molecule has 0 amide bonds. The molecule has 1 aromatic carbocycles. The molecule has 0 spiro atoms. The van der Waals surface area contributed by atoms with Crippen molar-refractivity contribution in [2.75, 3.05) is 0 Å². The molecule has 2 aromatic rings. The molecule has 0 saturated heterocycles. The standard InChI is InChI=1S/C16H21N3O/c1-2-19-10-12(9-18-19)11-20-16-8-4-5-13-14(16)6-3-7-15(13)17/h4-5,8-10,15H,2-3,6-7,11,17H2,1H3. The van der Waals surface area contributed by atoms with E-state index in [9.17, 15) is 0 Å². The van der Waals surface area contributed by atoms with E-state index < -0.39 is 0 Å². The minimum atomic E-state index is 0.158. The van der Waals surface area contributed by atoms with Gasteiger partial charge in [0, 0.05) is 24.3 Å². The monoisotopic (exact) mass is 271 g/mol. The van der Waals surface area contributed by atoms with Crippen LogP contribution in [-0.2, 0) is 19.6 Å². The Morgan fingerprint density at radius 3 is 3.15 bits per heavy atom. The van der Waals surface area contributed by atoms with Crippen LogP contribution in [0.2, 0.25) is 0 Å². The molecular weight excluding hydrogens is 250 g/mol. The molecule has 1 aromatic heterocycles. The van der Waals surface area contributed by atoms with Gasteiger partial charge in [0.05, 0.1) is 6.20 Å². The van der Waals surface area contributed by atoms with E-state index in [1.54, 1.807) is 0 Å². The Balaban J connectivity index is 1.76. The van der Waals surface area contributed by atoms with Crippen LogP contribution < -0.4 is 10.5 Å². The summed E-state index contributed by atoms with van der Waals surface area (Å²) in [7, 11) is 0. The van der Waals surface area contributed by atoms with Crippen LogP contribution in [0.4, 0.5) is 0 Å². The summed E-state index contributed by atoms with van der Waals surface area (Å²) in [6.45, 7) is 3.52. The Morgan fingerprint density at radius 1 is 1.45 bits per heavy atom. The van der Waals surface area contributed by atoms with Crippen molar-refractivity contribution in [3.8, 4) is 5.75 Å². The quantitative estimate of drug-likeness (QED) is 0.930. The largest absolute Gasteiger partial charge is 0.488 e. The molecule has 3 rings (SSSR count). The fourth-order valence-corrected chi connectivity index (χ4v) is 2.80. The SMILES string of the molecule is CCn1cc(COc2cccc3c2CCCC3N)cn1. The van der Waals surface area contributed by atoms with Crippen molar-refractivity contribution in [1.29, 1.82) is 0 Å². The van der Waals surface area contributed by atoms with Crippen molar-refractivity contribution in [3.05, 3.63) is 47.3 Å². The first kappa shape index (κ1) is 13.2. The third-order valence-electron chi connectivity index (χ3n) is 3.92. The number of benzene rings is 1. The first-order chi connectivity index (χ1) is 9.78. The van der Waals surface area contributed by atoms with Crippen LogP contribution in [-0.4, -0.2) is 9.78 Å². The summed E-state index contributed by atoms with van der Waals surface area (Å²) < 4.78 is 7.90. The van der Waals surface area contributed by atoms with Gasteiger partial charge in [0.15, 0.2) is 0 Å². The molecule has 4 nitrogen and oxygen atoms in total. The van der Waals surface area contributed by atoms with Crippen LogP contribution in [0.1, 0.15) is 42.5 Å². The van der Waals surface area contributed by atoms with Gasteiger partial charge in [0.25, 0.3) is 0 Å². The summed E-state index contributed by atoms with van der Waals surface area (Å²) in [6, 6.07) is 6.36. The van der Waals surface area contributed by atoms with Crippen LogP contribution in [0.15, 0.2) is 30.6 Å². The van der Waals surface area contributed by atoms with Gasteiger partial charge >= 0.3 is 0 Å². The van der Waals surface area contributed by atoms with Gasteiger partial charge in [-0.3, -0.25) is 4.68 Å². The molecule has 2 N–H and O–H groups in total. The lowest BCUT2D eigenvalue weighted by atomic mass is 9.87. The van der Waals surface area contributed by atoms with Gasteiger partial charge in [0.2, 0.25) is 0 Å². The van der Waals surface area contributed by atoms with Gasteiger partial charge in [-0.2, -0.15) is 5.10 Å². The van der Waals surface area contributed by atoms with Crippen molar-refractivity contribution in [2.45, 2.75) is 45.4 Å². The second-order valence-corrected chi connectivity index (χ2v) is 5.32. The first-order valence-corrected chi connectivity index (χ1v) is 7.29. The lowest BCUT2D eigenvalue weighted by molar-refractivity contribution is 0.300. The second-order valence-electron chi connectivity index (χ2n) is 5.32. The molecule has 0 bridgehead atoms. The van der Waals surface area contributed by atoms with Gasteiger partial charge in [0.1, 0.15) is 12.4 Å². The van der Waals surface area contributed by atoms with E-state index in [0.717, 1.165) is 37.1 Å². The molecular formula is C16H21N3O. The average molecular weight is 271 g/mol. The minimum Gasteiger partial charge on any atom is -0.488 e. The smallest absolute Gasteiger partial charge is 0.123 e. The third-order valence-corrected chi connectivity index (χ3v) is 3.92. The number of fused-ring (bicyclic) bond motifs is 1. The Hall–Kier alpha value is -1.81. The fraction of sp³-hybridized carbons (Fsp3) is 0.438. The fourth-order valence-electron chi connectivity index (χ4n) is 2.80. The molecule has 20 heavy (non-hydrogen) atoms. The maximum absolute atomic E-state index is 6.17. The molecule has 0 radical (unpaired) electrons. The van der Waals surface area contributed by atoms with E-state index in [2.05, 4.69) is 18.1 Å². The Labute approximate surface area is 119 Å². The number of nitrogens with zero attached hydrogens (tertiary/aromatic N) is 2. The zero-order valence-electron chi connectivity index (χ0n) is 11.9. The normalized spacial score (nSPS) is 17.8. The summed E-state index contributed by atoms with van der Waals surface area (Å²) in [4.78, 5) is 0. The number of ether oxygens (including phenoxy) is 1. The Bertz CT molecular complexity index is 591. The third kappa shape index (κ3) is 2.56. The highest BCUT2D eigenvalue weighted by Gasteiger charge is 2.19. The van der Waals surface area contributed by atoms with Gasteiger partial charge in [-0.25, -0.2) is 0 Å². The van der Waals surface area contributed by atoms with Crippen LogP contribution in [0.3, 0.4) is 0 Å². The van der Waals surface area contributed by atoms with E-state index in [0.29, 0.717) is 6.61 Å². The van der Waals surface area contributed by atoms with E-state index in [-0.39, 0.29) is 6.04 Å². The maximum atomic E-state index is 6.17. The predicted octanol–water partition coefficient (Wildman–Crippen LogP) is 2.82. The highest BCUT2D eigenvalue weighted by atomic mass is 16.5. The number of aryl methyl sites for hydroxylation is 1. The number of aromatic nitrogens is 2. The van der Waals surface area contributed by atoms with E-state index in [1.807, 2.05) is 29.2 Å². The molecule has 106 valence electrons. The minimum absolute atomic E-state index is 0.158. The second kappa shape index (κ2) is 5.67. The lowest BCUT2D eigenvalue weighted by Gasteiger charge is -2.24. The molecule has 1 heterocycles. The van der Waals surface area contributed by atoms with Gasteiger partial charge in [-0.15, -0.1) is 0 Å². The van der Waals surface area contributed by atoms with Crippen molar-refractivity contribution in [3.63, 3.8) is 0 Å². The van der Waals surface area contributed by atoms with Crippen LogP contribution in [0, 0.1) is 0 Å². The topological polar surface area (TPSA) is 53.1 Å². The van der Waals surface area contributed by atoms with Crippen molar-refractivity contribution in [1.82, 2.24) is 9.78 Å². The average Bonchev–Trinajstić information content (AvgIpc) is 2.94. The maximum Gasteiger partial charge on any atom is 0.123 e. The molecule has 0 fully saturated rings. The van der Waals surface area contributed by atoms with Crippen LogP contribution in [0.25, 0.3) is 0 Å². The molecule has 0 saturated carbocycles. The molecule has 1 atom stereocenters. The van der Waals surface area contributed by atoms with Crippen LogP contribution >= 0.6 is 0 Å². The summed E-state index contributed by atoms with van der Waals surface area (Å²) in [6.07, 6.45) is 7.17. The van der Waals surface area contributed by atoms with Crippen molar-refractivity contribution < 1.29 is 4.74 Å². The van der Waals surface area contributed by atoms with Gasteiger partial charge in [-0.1, -0.05) is 12.1 Å². The highest BCUT2D eigenvalue weighted by molar-refractivity contribution is 5.43. The number of hydrogen-bond donors (Lipinski definition) is 1. The van der Waals surface area contributed by atoms with E-state index >= 15 is 0 Å². The van der Waals surface area contributed by atoms with E-state index in [1.165, 1.54) is 11.1 Å². The number of nitrogens with two attached hydrogens (primary N) is 1. The molecule has 1 aliphatic carbocycles. The summed E-state index contributed by atoms with van der Waals surface area (Å²) in [5, 5.41) is 4.26. The number of hydrogen-bond acceptors (Lipinski definition) is 3. The Kier molecular flexibility index (Phi) is 3.74. The summed E-state index contributed by atoms with van der Waals surface area (Å²) >= 11 is 0. The van der Waals surface area contributed by atoms with Crippen molar-refractivity contribution in [2.24, 2.45) is 5.73 Å². The zero-order valence-corrected chi connectivity index (χ0v) is 11.9. The van der Waals surface area contributed by atoms with Crippen LogP contribution in [0.5, 0.6) is 5.75 Å². The molecule has 1 aliphatic rings. The highest BCUT2D eigenvalue weighted by Crippen LogP contribution is 2.34. The first-order valence-electron chi connectivity index (χ1n) is 7.29. The lowest BCUT2D eigenvalue weighted by Crippen LogP contribution is -2.18. The molecule has 4 heteroatoms. The molecule has 1 unspecified atom stereocenters. The zero-order chi connectivity index (χ0) is 13.9. The Morgan fingerprint density at radius 2 is 2.35 bits per heavy atom. The predicted molar refractivity (Wildman–Crippen MR) is 78.5 cm³/mol. The van der Waals surface area contributed by atoms with Gasteiger partial charge < -0.3 is 10.5 Å². The van der Waals surface area contributed by atoms with E-state index in [4.69, 9.17) is 10.5 Å². The van der Waals surface area contributed by atoms with Crippen molar-refractivity contribution >= 4 is 0 Å². The van der Waals surface area contributed by atoms with Gasteiger partial charge in [-0.05, 0) is 43.4 Å². The molecule has 0 aliphatic heterocycles. The summed E-state index contributed by atoms with van der Waals surface area (Å²) in [5.41, 5.74) is 9.81. The number of rotatable bonds is 4.